The monoisotopic (exact) mass is 413 g/mol. The molecule has 1 amide bonds. The molecule has 0 aromatic heterocycles. The Morgan fingerprint density at radius 3 is 2.17 bits per heavy atom. The van der Waals surface area contributed by atoms with Crippen LogP contribution in [0.3, 0.4) is 0 Å². The lowest BCUT2D eigenvalue weighted by atomic mass is 9.79. The lowest BCUT2D eigenvalue weighted by molar-refractivity contribution is -0.145. The largest absolute Gasteiger partial charge is 0.463 e. The SMILES string of the molecule is C=CCOCCOC(=O)CCC(C)CC(C)(C)CCNC(=O)OCCOCC=C. The Morgan fingerprint density at radius 1 is 1.00 bits per heavy atom. The molecule has 0 saturated heterocycles. The summed E-state index contributed by atoms with van der Waals surface area (Å²) in [5.74, 6) is 0.182. The quantitative estimate of drug-likeness (QED) is 0.209. The Bertz CT molecular complexity index is 478. The minimum atomic E-state index is -0.434. The summed E-state index contributed by atoms with van der Waals surface area (Å²) >= 11 is 0. The molecule has 7 nitrogen and oxygen atoms in total. The number of esters is 1. The first-order valence-corrected chi connectivity index (χ1v) is 10.2. The smallest absolute Gasteiger partial charge is 0.407 e. The number of carbonyl (C=O) groups is 2. The Kier molecular flexibility index (Phi) is 15.9. The number of nitrogens with one attached hydrogen (secondary N) is 1. The molecule has 0 bridgehead atoms. The van der Waals surface area contributed by atoms with Gasteiger partial charge in [0.2, 0.25) is 0 Å². The normalized spacial score (nSPS) is 12.1. The maximum Gasteiger partial charge on any atom is 0.407 e. The van der Waals surface area contributed by atoms with E-state index in [1.807, 2.05) is 0 Å². The highest BCUT2D eigenvalue weighted by atomic mass is 16.6. The van der Waals surface area contributed by atoms with E-state index in [1.165, 1.54) is 0 Å². The van der Waals surface area contributed by atoms with Crippen molar-refractivity contribution < 1.29 is 28.5 Å². The van der Waals surface area contributed by atoms with Gasteiger partial charge in [-0.25, -0.2) is 4.79 Å². The zero-order valence-electron chi connectivity index (χ0n) is 18.4. The van der Waals surface area contributed by atoms with Gasteiger partial charge in [-0.05, 0) is 30.6 Å². The first-order chi connectivity index (χ1) is 13.8. The van der Waals surface area contributed by atoms with Gasteiger partial charge in [0, 0.05) is 13.0 Å². The first kappa shape index (κ1) is 27.1. The van der Waals surface area contributed by atoms with Crippen molar-refractivity contribution in [3.05, 3.63) is 25.3 Å². The van der Waals surface area contributed by atoms with Crippen LogP contribution in [0.5, 0.6) is 0 Å². The maximum atomic E-state index is 11.8. The highest BCUT2D eigenvalue weighted by molar-refractivity contribution is 5.69. The second kappa shape index (κ2) is 17.0. The predicted octanol–water partition coefficient (Wildman–Crippen LogP) is 3.88. The van der Waals surface area contributed by atoms with E-state index in [0.29, 0.717) is 45.3 Å². The molecule has 0 aliphatic rings. The third kappa shape index (κ3) is 17.9. The summed E-state index contributed by atoms with van der Waals surface area (Å²) in [6.45, 7) is 16.2. The van der Waals surface area contributed by atoms with Gasteiger partial charge in [-0.1, -0.05) is 32.9 Å². The molecule has 1 atom stereocenters. The van der Waals surface area contributed by atoms with Crippen LogP contribution >= 0.6 is 0 Å². The fourth-order valence-corrected chi connectivity index (χ4v) is 2.88. The third-order valence-corrected chi connectivity index (χ3v) is 4.24. The van der Waals surface area contributed by atoms with Gasteiger partial charge < -0.3 is 24.3 Å². The van der Waals surface area contributed by atoms with E-state index in [0.717, 1.165) is 19.3 Å². The molecule has 7 heteroatoms. The molecule has 1 N–H and O–H groups in total. The average molecular weight is 414 g/mol. The van der Waals surface area contributed by atoms with Gasteiger partial charge in [-0.3, -0.25) is 4.79 Å². The zero-order valence-corrected chi connectivity index (χ0v) is 18.4. The highest BCUT2D eigenvalue weighted by Crippen LogP contribution is 2.30. The second-order valence-corrected chi connectivity index (χ2v) is 7.77. The van der Waals surface area contributed by atoms with Crippen LogP contribution in [0.1, 0.15) is 46.5 Å². The van der Waals surface area contributed by atoms with Gasteiger partial charge in [0.05, 0.1) is 26.4 Å². The third-order valence-electron chi connectivity index (χ3n) is 4.24. The molecule has 0 radical (unpaired) electrons. The van der Waals surface area contributed by atoms with E-state index in [2.05, 4.69) is 39.2 Å². The van der Waals surface area contributed by atoms with Crippen molar-refractivity contribution in [1.82, 2.24) is 5.32 Å². The first-order valence-electron chi connectivity index (χ1n) is 10.2. The van der Waals surface area contributed by atoms with Crippen LogP contribution in [0.4, 0.5) is 4.79 Å². The molecule has 0 aromatic carbocycles. The lowest BCUT2D eigenvalue weighted by Gasteiger charge is -2.28. The Morgan fingerprint density at radius 2 is 1.59 bits per heavy atom. The van der Waals surface area contributed by atoms with E-state index >= 15 is 0 Å². The molecule has 0 fully saturated rings. The van der Waals surface area contributed by atoms with Crippen molar-refractivity contribution in [2.75, 3.05) is 46.2 Å². The molecule has 0 saturated carbocycles. The summed E-state index contributed by atoms with van der Waals surface area (Å²) in [5.41, 5.74) is 0.0439. The minimum Gasteiger partial charge on any atom is -0.463 e. The minimum absolute atomic E-state index is 0.0439. The number of rotatable bonds is 18. The Balaban J connectivity index is 3.85. The van der Waals surface area contributed by atoms with Crippen LogP contribution in [0, 0.1) is 11.3 Å². The Labute approximate surface area is 175 Å². The van der Waals surface area contributed by atoms with E-state index < -0.39 is 6.09 Å². The van der Waals surface area contributed by atoms with Gasteiger partial charge in [-0.2, -0.15) is 0 Å². The molecule has 0 aliphatic carbocycles. The maximum absolute atomic E-state index is 11.8. The average Bonchev–Trinajstić information content (AvgIpc) is 2.65. The lowest BCUT2D eigenvalue weighted by Crippen LogP contribution is -2.30. The van der Waals surface area contributed by atoms with Crippen molar-refractivity contribution in [3.8, 4) is 0 Å². The summed E-state index contributed by atoms with van der Waals surface area (Å²) < 4.78 is 20.5. The van der Waals surface area contributed by atoms with Crippen LogP contribution in [0.15, 0.2) is 25.3 Å². The van der Waals surface area contributed by atoms with Crippen LogP contribution in [-0.2, 0) is 23.7 Å². The van der Waals surface area contributed by atoms with Crippen LogP contribution in [-0.4, -0.2) is 58.2 Å². The second-order valence-electron chi connectivity index (χ2n) is 7.77. The predicted molar refractivity (Wildman–Crippen MR) is 114 cm³/mol. The van der Waals surface area contributed by atoms with Crippen molar-refractivity contribution in [2.45, 2.75) is 46.5 Å². The molecule has 0 aromatic rings. The molecular weight excluding hydrogens is 374 g/mol. The van der Waals surface area contributed by atoms with Crippen molar-refractivity contribution >= 4 is 12.1 Å². The van der Waals surface area contributed by atoms with Gasteiger partial charge in [-0.15, -0.1) is 13.2 Å². The van der Waals surface area contributed by atoms with Gasteiger partial charge in [0.1, 0.15) is 13.2 Å². The van der Waals surface area contributed by atoms with E-state index in [4.69, 9.17) is 18.9 Å². The van der Waals surface area contributed by atoms with Crippen LogP contribution in [0.25, 0.3) is 0 Å². The van der Waals surface area contributed by atoms with Crippen LogP contribution < -0.4 is 5.32 Å². The fraction of sp³-hybridized carbons (Fsp3) is 0.727. The number of hydrogen-bond donors (Lipinski definition) is 1. The summed E-state index contributed by atoms with van der Waals surface area (Å²) in [5, 5.41) is 2.76. The number of hydrogen-bond acceptors (Lipinski definition) is 6. The summed E-state index contributed by atoms with van der Waals surface area (Å²) in [6, 6.07) is 0. The van der Waals surface area contributed by atoms with E-state index in [-0.39, 0.29) is 24.6 Å². The topological polar surface area (TPSA) is 83.1 Å². The molecule has 0 aliphatic heterocycles. The molecular formula is C22H39NO6. The van der Waals surface area contributed by atoms with Gasteiger partial charge >= 0.3 is 12.1 Å². The number of amides is 1. The van der Waals surface area contributed by atoms with E-state index in [9.17, 15) is 9.59 Å². The number of alkyl carbamates (subject to hydrolysis) is 1. The van der Waals surface area contributed by atoms with Crippen molar-refractivity contribution in [1.29, 1.82) is 0 Å². The summed E-state index contributed by atoms with van der Waals surface area (Å²) in [4.78, 5) is 23.4. The molecule has 1 unspecified atom stereocenters. The molecule has 0 rings (SSSR count). The summed E-state index contributed by atoms with van der Waals surface area (Å²) in [6.07, 6.45) is 5.82. The molecule has 29 heavy (non-hydrogen) atoms. The van der Waals surface area contributed by atoms with Crippen molar-refractivity contribution in [3.63, 3.8) is 0 Å². The number of ether oxygens (including phenoxy) is 4. The standard InChI is InChI=1S/C22H39NO6/c1-6-12-26-14-16-28-20(24)9-8-19(3)18-22(4,5)10-11-23-21(25)29-17-15-27-13-7-2/h6-7,19H,1-2,8-18H2,3-5H3,(H,23,25). The van der Waals surface area contributed by atoms with Gasteiger partial charge in [0.15, 0.2) is 0 Å². The van der Waals surface area contributed by atoms with E-state index in [1.54, 1.807) is 12.2 Å². The summed E-state index contributed by atoms with van der Waals surface area (Å²) in [7, 11) is 0. The molecule has 168 valence electrons. The van der Waals surface area contributed by atoms with Crippen LogP contribution in [0.2, 0.25) is 0 Å². The molecule has 0 spiro atoms. The molecule has 0 heterocycles. The van der Waals surface area contributed by atoms with Gasteiger partial charge in [0.25, 0.3) is 0 Å². The highest BCUT2D eigenvalue weighted by Gasteiger charge is 2.22. The number of carbonyl (C=O) groups excluding carboxylic acids is 2. The zero-order chi connectivity index (χ0) is 22.0. The fourth-order valence-electron chi connectivity index (χ4n) is 2.88. The Hall–Kier alpha value is -1.86. The van der Waals surface area contributed by atoms with Crippen molar-refractivity contribution in [2.24, 2.45) is 11.3 Å².